The number of nitrogens with one attached hydrogen (secondary N) is 1. The predicted molar refractivity (Wildman–Crippen MR) is 72.7 cm³/mol. The quantitative estimate of drug-likeness (QED) is 0.912. The molecule has 3 rings (SSSR count). The van der Waals surface area contributed by atoms with Crippen molar-refractivity contribution in [2.75, 3.05) is 13.7 Å². The van der Waals surface area contributed by atoms with Crippen molar-refractivity contribution in [3.8, 4) is 0 Å². The number of fused-ring (bicyclic) bond motifs is 1. The third kappa shape index (κ3) is 2.37. The number of nitrogens with zero attached hydrogens (tertiary/aromatic N) is 2. The molecule has 0 radical (unpaired) electrons. The van der Waals surface area contributed by atoms with Crippen LogP contribution in [0, 0.1) is 0 Å². The number of hydrogen-bond donors (Lipinski definition) is 1. The molecule has 0 spiro atoms. The number of ether oxygens (including phenoxy) is 1. The molecule has 0 fully saturated rings. The lowest BCUT2D eigenvalue weighted by atomic mass is 9.91. The molecule has 1 aliphatic heterocycles. The van der Waals surface area contributed by atoms with Crippen LogP contribution in [0.2, 0.25) is 0 Å². The van der Waals surface area contributed by atoms with E-state index in [9.17, 15) is 0 Å². The molecule has 0 bridgehead atoms. The zero-order valence-electron chi connectivity index (χ0n) is 10.9. The molecule has 1 aromatic carbocycles. The van der Waals surface area contributed by atoms with Crippen molar-refractivity contribution in [3.63, 3.8) is 0 Å². The van der Waals surface area contributed by atoms with Gasteiger partial charge in [0.15, 0.2) is 0 Å². The van der Waals surface area contributed by atoms with Gasteiger partial charge in [-0.25, -0.2) is 9.97 Å². The van der Waals surface area contributed by atoms with Crippen LogP contribution in [0.5, 0.6) is 0 Å². The maximum Gasteiger partial charge on any atom is 0.115 e. The molecule has 2 aromatic rings. The Morgan fingerprint density at radius 1 is 1.26 bits per heavy atom. The summed E-state index contributed by atoms with van der Waals surface area (Å²) in [5.74, 6) is 0. The fourth-order valence-electron chi connectivity index (χ4n) is 2.66. The lowest BCUT2D eigenvalue weighted by Gasteiger charge is -2.32. The molecule has 2 heterocycles. The molecule has 98 valence electrons. The fourth-order valence-corrected chi connectivity index (χ4v) is 2.66. The molecule has 4 nitrogen and oxygen atoms in total. The monoisotopic (exact) mass is 255 g/mol. The standard InChI is InChI=1S/C15H17N3O/c1-16-14(12-8-17-10-18-9-12)15-13-5-3-2-4-11(13)6-7-19-15/h2-5,8-10,14-16H,6-7H2,1H3. The maximum atomic E-state index is 5.99. The van der Waals surface area contributed by atoms with Crippen LogP contribution in [0.25, 0.3) is 0 Å². The van der Waals surface area contributed by atoms with Gasteiger partial charge in [-0.05, 0) is 24.6 Å². The van der Waals surface area contributed by atoms with E-state index >= 15 is 0 Å². The highest BCUT2D eigenvalue weighted by Crippen LogP contribution is 2.36. The predicted octanol–water partition coefficient (Wildman–Crippen LogP) is 2.05. The number of aromatic nitrogens is 2. The van der Waals surface area contributed by atoms with E-state index in [0.717, 1.165) is 18.6 Å². The number of hydrogen-bond acceptors (Lipinski definition) is 4. The zero-order valence-corrected chi connectivity index (χ0v) is 10.9. The molecule has 2 atom stereocenters. The Hall–Kier alpha value is -1.78. The molecule has 1 aliphatic rings. The zero-order chi connectivity index (χ0) is 13.1. The highest BCUT2D eigenvalue weighted by Gasteiger charge is 2.29. The summed E-state index contributed by atoms with van der Waals surface area (Å²) in [6, 6.07) is 8.55. The molecule has 0 amide bonds. The number of likely N-dealkylation sites (N-methyl/N-ethyl adjacent to an activating group) is 1. The van der Waals surface area contributed by atoms with Crippen LogP contribution in [-0.2, 0) is 11.2 Å². The smallest absolute Gasteiger partial charge is 0.115 e. The van der Waals surface area contributed by atoms with Crippen LogP contribution in [0.15, 0.2) is 43.0 Å². The van der Waals surface area contributed by atoms with Crippen LogP contribution in [0.3, 0.4) is 0 Å². The van der Waals surface area contributed by atoms with E-state index in [2.05, 4.69) is 39.6 Å². The first-order valence-corrected chi connectivity index (χ1v) is 6.51. The lowest BCUT2D eigenvalue weighted by Crippen LogP contribution is -2.29. The second kappa shape index (κ2) is 5.47. The third-order valence-corrected chi connectivity index (χ3v) is 3.58. The summed E-state index contributed by atoms with van der Waals surface area (Å²) in [7, 11) is 1.94. The van der Waals surface area contributed by atoms with Gasteiger partial charge in [0.05, 0.1) is 12.6 Å². The van der Waals surface area contributed by atoms with Gasteiger partial charge in [-0.15, -0.1) is 0 Å². The van der Waals surface area contributed by atoms with E-state index in [1.807, 2.05) is 19.4 Å². The van der Waals surface area contributed by atoms with Crippen LogP contribution >= 0.6 is 0 Å². The van der Waals surface area contributed by atoms with Gasteiger partial charge in [-0.3, -0.25) is 0 Å². The van der Waals surface area contributed by atoms with E-state index in [-0.39, 0.29) is 12.1 Å². The van der Waals surface area contributed by atoms with Crippen molar-refractivity contribution in [2.45, 2.75) is 18.6 Å². The third-order valence-electron chi connectivity index (χ3n) is 3.58. The van der Waals surface area contributed by atoms with Crippen molar-refractivity contribution >= 4 is 0 Å². The SMILES string of the molecule is CNC(c1cncnc1)C1OCCc2ccccc21. The number of rotatable bonds is 3. The van der Waals surface area contributed by atoms with Crippen molar-refractivity contribution in [1.29, 1.82) is 0 Å². The summed E-state index contributed by atoms with van der Waals surface area (Å²) in [4.78, 5) is 8.20. The Morgan fingerprint density at radius 3 is 2.84 bits per heavy atom. The van der Waals surface area contributed by atoms with Gasteiger partial charge in [-0.2, -0.15) is 0 Å². The van der Waals surface area contributed by atoms with Crippen LogP contribution < -0.4 is 5.32 Å². The first-order chi connectivity index (χ1) is 9.40. The summed E-state index contributed by atoms with van der Waals surface area (Å²) >= 11 is 0. The first kappa shape index (κ1) is 12.3. The minimum absolute atomic E-state index is 0.0148. The Kier molecular flexibility index (Phi) is 3.53. The normalized spacial score (nSPS) is 19.7. The van der Waals surface area contributed by atoms with E-state index in [1.165, 1.54) is 11.1 Å². The minimum Gasteiger partial charge on any atom is -0.371 e. The summed E-state index contributed by atoms with van der Waals surface area (Å²) in [5.41, 5.74) is 3.68. The largest absolute Gasteiger partial charge is 0.371 e. The van der Waals surface area contributed by atoms with Gasteiger partial charge in [0.25, 0.3) is 0 Å². The molecule has 0 aliphatic carbocycles. The molecular weight excluding hydrogens is 238 g/mol. The van der Waals surface area contributed by atoms with Gasteiger partial charge < -0.3 is 10.1 Å². The van der Waals surface area contributed by atoms with E-state index < -0.39 is 0 Å². The van der Waals surface area contributed by atoms with Crippen molar-refractivity contribution in [3.05, 3.63) is 59.7 Å². The molecule has 1 N–H and O–H groups in total. The Morgan fingerprint density at radius 2 is 2.05 bits per heavy atom. The molecule has 19 heavy (non-hydrogen) atoms. The van der Waals surface area contributed by atoms with Crippen molar-refractivity contribution in [2.24, 2.45) is 0 Å². The van der Waals surface area contributed by atoms with Gasteiger partial charge in [0.1, 0.15) is 12.4 Å². The molecule has 0 saturated carbocycles. The molecule has 1 aromatic heterocycles. The summed E-state index contributed by atoms with van der Waals surface area (Å²) in [6.45, 7) is 0.757. The highest BCUT2D eigenvalue weighted by atomic mass is 16.5. The van der Waals surface area contributed by atoms with E-state index in [0.29, 0.717) is 0 Å². The van der Waals surface area contributed by atoms with E-state index in [4.69, 9.17) is 4.74 Å². The van der Waals surface area contributed by atoms with Gasteiger partial charge >= 0.3 is 0 Å². The van der Waals surface area contributed by atoms with Crippen LogP contribution in [0.4, 0.5) is 0 Å². The molecule has 4 heteroatoms. The second-order valence-corrected chi connectivity index (χ2v) is 4.68. The first-order valence-electron chi connectivity index (χ1n) is 6.51. The van der Waals surface area contributed by atoms with Crippen molar-refractivity contribution in [1.82, 2.24) is 15.3 Å². The molecule has 2 unspecified atom stereocenters. The van der Waals surface area contributed by atoms with Crippen molar-refractivity contribution < 1.29 is 4.74 Å². The highest BCUT2D eigenvalue weighted by molar-refractivity contribution is 5.33. The van der Waals surface area contributed by atoms with E-state index in [1.54, 1.807) is 6.33 Å². The van der Waals surface area contributed by atoms with Gasteiger partial charge in [0.2, 0.25) is 0 Å². The van der Waals surface area contributed by atoms with Crippen LogP contribution in [0.1, 0.15) is 28.8 Å². The average Bonchev–Trinajstić information content (AvgIpc) is 2.49. The minimum atomic E-state index is 0.0148. The van der Waals surface area contributed by atoms with Crippen LogP contribution in [-0.4, -0.2) is 23.6 Å². The Bertz CT molecular complexity index is 544. The molecule has 0 saturated heterocycles. The fraction of sp³-hybridized carbons (Fsp3) is 0.333. The average molecular weight is 255 g/mol. The second-order valence-electron chi connectivity index (χ2n) is 4.68. The summed E-state index contributed by atoms with van der Waals surface area (Å²) in [5, 5.41) is 3.32. The Balaban J connectivity index is 1.97. The maximum absolute atomic E-state index is 5.99. The summed E-state index contributed by atoms with van der Waals surface area (Å²) in [6.07, 6.45) is 6.23. The van der Waals surface area contributed by atoms with Gasteiger partial charge in [-0.1, -0.05) is 24.3 Å². The Labute approximate surface area is 112 Å². The topological polar surface area (TPSA) is 47.0 Å². The lowest BCUT2D eigenvalue weighted by molar-refractivity contribution is 0.0164. The molecular formula is C15H17N3O. The number of benzene rings is 1. The summed E-state index contributed by atoms with van der Waals surface area (Å²) < 4.78 is 5.99. The van der Waals surface area contributed by atoms with Gasteiger partial charge in [0, 0.05) is 18.0 Å².